The first kappa shape index (κ1) is 31.8. The molecule has 0 spiro atoms. The van der Waals surface area contributed by atoms with E-state index in [2.05, 4.69) is 20.6 Å². The SMILES string of the molecule is O=C(Nc1ccc(N2CCN(C(=O)CNc3ccccc3F)CC2)nc1)c1oc(N2CCC[C@H](c3ccccc3)C2)nc1C(F)(F)F. The number of hydrogen-bond acceptors (Lipinski definition) is 8. The summed E-state index contributed by atoms with van der Waals surface area (Å²) in [5, 5.41) is 5.27. The second-order valence-corrected chi connectivity index (χ2v) is 11.4. The van der Waals surface area contributed by atoms with Crippen LogP contribution in [0, 0.1) is 5.82 Å². The number of carbonyl (C=O) groups excluding carboxylic acids is 2. The lowest BCUT2D eigenvalue weighted by atomic mass is 9.91. The Kier molecular flexibility index (Phi) is 9.27. The zero-order chi connectivity index (χ0) is 33.0. The summed E-state index contributed by atoms with van der Waals surface area (Å²) < 4.78 is 61.2. The van der Waals surface area contributed by atoms with E-state index < -0.39 is 29.4 Å². The first-order valence-corrected chi connectivity index (χ1v) is 15.3. The number of aromatic nitrogens is 2. The van der Waals surface area contributed by atoms with Crippen molar-refractivity contribution in [1.29, 1.82) is 0 Å². The van der Waals surface area contributed by atoms with Crippen molar-refractivity contribution >= 4 is 35.0 Å². The van der Waals surface area contributed by atoms with E-state index in [4.69, 9.17) is 4.42 Å². The zero-order valence-corrected chi connectivity index (χ0v) is 25.3. The maximum Gasteiger partial charge on any atom is 0.437 e. The van der Waals surface area contributed by atoms with Crippen LogP contribution in [0.25, 0.3) is 0 Å². The van der Waals surface area contributed by atoms with Gasteiger partial charge in [0.15, 0.2) is 5.69 Å². The molecule has 14 heteroatoms. The lowest BCUT2D eigenvalue weighted by Gasteiger charge is -2.35. The molecule has 2 aliphatic rings. The van der Waals surface area contributed by atoms with Gasteiger partial charge < -0.3 is 29.8 Å². The highest BCUT2D eigenvalue weighted by Crippen LogP contribution is 2.36. The molecule has 2 saturated heterocycles. The molecule has 10 nitrogen and oxygen atoms in total. The molecule has 1 atom stereocenters. The Morgan fingerprint density at radius 3 is 2.36 bits per heavy atom. The molecule has 0 bridgehead atoms. The predicted octanol–water partition coefficient (Wildman–Crippen LogP) is 5.62. The van der Waals surface area contributed by atoms with Crippen LogP contribution in [0.1, 0.15) is 40.6 Å². The highest BCUT2D eigenvalue weighted by Gasteiger charge is 2.42. The largest absolute Gasteiger partial charge is 0.437 e. The third-order valence-corrected chi connectivity index (χ3v) is 8.32. The normalized spacial score (nSPS) is 17.0. The maximum absolute atomic E-state index is 14.0. The van der Waals surface area contributed by atoms with Crippen molar-refractivity contribution in [3.8, 4) is 0 Å². The minimum Gasteiger partial charge on any atom is -0.417 e. The lowest BCUT2D eigenvalue weighted by Crippen LogP contribution is -2.50. The van der Waals surface area contributed by atoms with Crippen LogP contribution < -0.4 is 20.4 Å². The molecule has 2 N–H and O–H groups in total. The van der Waals surface area contributed by atoms with Gasteiger partial charge in [-0.1, -0.05) is 42.5 Å². The number of halogens is 4. The molecular weight excluding hydrogens is 618 g/mol. The van der Waals surface area contributed by atoms with E-state index in [1.807, 2.05) is 35.2 Å². The Hall–Kier alpha value is -5.14. The summed E-state index contributed by atoms with van der Waals surface area (Å²) in [7, 11) is 0. The molecule has 0 aliphatic carbocycles. The number of benzene rings is 2. The first-order valence-electron chi connectivity index (χ1n) is 15.3. The lowest BCUT2D eigenvalue weighted by molar-refractivity contribution is -0.141. The van der Waals surface area contributed by atoms with E-state index in [9.17, 15) is 27.2 Å². The predicted molar refractivity (Wildman–Crippen MR) is 168 cm³/mol. The number of para-hydroxylation sites is 1. The standard InChI is InChI=1S/C33H33F4N7O3/c34-25-10-4-5-11-26(25)38-20-28(45)43-17-15-42(16-18-43)27-13-12-24(19-39-27)40-31(46)29-30(33(35,36)37)41-32(47-29)44-14-6-9-23(21-44)22-7-2-1-3-8-22/h1-5,7-8,10-13,19,23,38H,6,9,14-18,20-21H2,(H,40,46)/t23-/m0/s1. The Bertz CT molecular complexity index is 1690. The zero-order valence-electron chi connectivity index (χ0n) is 25.3. The molecule has 4 heterocycles. The van der Waals surface area contributed by atoms with Crippen LogP contribution in [0.3, 0.4) is 0 Å². The van der Waals surface area contributed by atoms with Gasteiger partial charge in [0.1, 0.15) is 11.6 Å². The minimum atomic E-state index is -4.90. The van der Waals surface area contributed by atoms with E-state index in [1.165, 1.54) is 18.3 Å². The number of nitrogens with one attached hydrogen (secondary N) is 2. The quantitative estimate of drug-likeness (QED) is 0.237. The molecule has 2 aromatic heterocycles. The number of nitrogens with zero attached hydrogens (tertiary/aromatic N) is 5. The van der Waals surface area contributed by atoms with Gasteiger partial charge in [-0.2, -0.15) is 18.2 Å². The Balaban J connectivity index is 1.06. The molecule has 0 unspecified atom stereocenters. The number of piperazine rings is 1. The third kappa shape index (κ3) is 7.47. The van der Waals surface area contributed by atoms with Gasteiger partial charge in [-0.3, -0.25) is 9.59 Å². The Morgan fingerprint density at radius 2 is 1.66 bits per heavy atom. The fourth-order valence-electron chi connectivity index (χ4n) is 5.85. The molecule has 2 aromatic carbocycles. The molecule has 2 amide bonds. The van der Waals surface area contributed by atoms with Crippen molar-refractivity contribution in [1.82, 2.24) is 14.9 Å². The van der Waals surface area contributed by atoms with E-state index in [-0.39, 0.29) is 35.8 Å². The Labute approximate surface area is 268 Å². The number of anilines is 4. The van der Waals surface area contributed by atoms with Crippen LogP contribution in [0.15, 0.2) is 77.3 Å². The van der Waals surface area contributed by atoms with Crippen LogP contribution in [0.5, 0.6) is 0 Å². The molecule has 0 saturated carbocycles. The molecule has 47 heavy (non-hydrogen) atoms. The molecule has 6 rings (SSSR count). The summed E-state index contributed by atoms with van der Waals surface area (Å²) in [6.07, 6.45) is -1.93. The summed E-state index contributed by atoms with van der Waals surface area (Å²) in [6, 6.07) is 18.8. The van der Waals surface area contributed by atoms with E-state index in [0.717, 1.165) is 18.4 Å². The minimum absolute atomic E-state index is 0.0391. The van der Waals surface area contributed by atoms with Crippen molar-refractivity contribution in [2.75, 3.05) is 66.2 Å². The van der Waals surface area contributed by atoms with Gasteiger partial charge in [-0.25, -0.2) is 9.37 Å². The summed E-state index contributed by atoms with van der Waals surface area (Å²) in [4.78, 5) is 39.0. The van der Waals surface area contributed by atoms with E-state index in [1.54, 1.807) is 34.1 Å². The molecule has 2 fully saturated rings. The van der Waals surface area contributed by atoms with Crippen LogP contribution in [-0.2, 0) is 11.0 Å². The van der Waals surface area contributed by atoms with Gasteiger partial charge >= 0.3 is 6.18 Å². The van der Waals surface area contributed by atoms with Crippen molar-refractivity contribution in [2.24, 2.45) is 0 Å². The molecule has 4 aromatic rings. The second-order valence-electron chi connectivity index (χ2n) is 11.4. The smallest absolute Gasteiger partial charge is 0.417 e. The maximum atomic E-state index is 14.0. The molecule has 0 radical (unpaired) electrons. The molecular formula is C33H33F4N7O3. The van der Waals surface area contributed by atoms with E-state index >= 15 is 0 Å². The van der Waals surface area contributed by atoms with Crippen LogP contribution in [-0.4, -0.2) is 72.5 Å². The van der Waals surface area contributed by atoms with Crippen molar-refractivity contribution in [3.05, 3.63) is 95.8 Å². The molecule has 246 valence electrons. The summed E-state index contributed by atoms with van der Waals surface area (Å²) in [6.45, 7) is 2.66. The highest BCUT2D eigenvalue weighted by molar-refractivity contribution is 6.03. The number of alkyl halides is 3. The summed E-state index contributed by atoms with van der Waals surface area (Å²) in [5.74, 6) is -1.92. The van der Waals surface area contributed by atoms with Crippen LogP contribution >= 0.6 is 0 Å². The van der Waals surface area contributed by atoms with Gasteiger partial charge in [-0.05, 0) is 42.7 Å². The van der Waals surface area contributed by atoms with Crippen molar-refractivity contribution in [3.63, 3.8) is 0 Å². The second kappa shape index (κ2) is 13.7. The average molecular weight is 652 g/mol. The van der Waals surface area contributed by atoms with Crippen molar-refractivity contribution < 1.29 is 31.6 Å². The number of hydrogen-bond donors (Lipinski definition) is 2. The molecule has 2 aliphatic heterocycles. The third-order valence-electron chi connectivity index (χ3n) is 8.32. The van der Waals surface area contributed by atoms with Gasteiger partial charge in [0, 0.05) is 45.2 Å². The number of carbonyl (C=O) groups is 2. The van der Waals surface area contributed by atoms with Crippen LogP contribution in [0.4, 0.5) is 40.8 Å². The van der Waals surface area contributed by atoms with Gasteiger partial charge in [-0.15, -0.1) is 0 Å². The van der Waals surface area contributed by atoms with Gasteiger partial charge in [0.25, 0.3) is 11.9 Å². The highest BCUT2D eigenvalue weighted by atomic mass is 19.4. The number of amides is 2. The number of pyridine rings is 1. The van der Waals surface area contributed by atoms with E-state index in [0.29, 0.717) is 45.1 Å². The van der Waals surface area contributed by atoms with Crippen molar-refractivity contribution in [2.45, 2.75) is 24.9 Å². The monoisotopic (exact) mass is 651 g/mol. The topological polar surface area (TPSA) is 107 Å². The average Bonchev–Trinajstić information content (AvgIpc) is 3.56. The van der Waals surface area contributed by atoms with Crippen LogP contribution in [0.2, 0.25) is 0 Å². The number of rotatable bonds is 8. The first-order chi connectivity index (χ1) is 22.7. The fourth-order valence-corrected chi connectivity index (χ4v) is 5.85. The summed E-state index contributed by atoms with van der Waals surface area (Å²) in [5.41, 5.74) is 0.138. The summed E-state index contributed by atoms with van der Waals surface area (Å²) >= 11 is 0. The number of piperidine rings is 1. The van der Waals surface area contributed by atoms with Gasteiger partial charge in [0.05, 0.1) is 24.1 Å². The number of oxazole rings is 1. The van der Waals surface area contributed by atoms with Gasteiger partial charge in [0.2, 0.25) is 11.7 Å². The Morgan fingerprint density at radius 1 is 0.915 bits per heavy atom. The fraction of sp³-hybridized carbons (Fsp3) is 0.333.